The van der Waals surface area contributed by atoms with Crippen molar-refractivity contribution in [3.05, 3.63) is 41.5 Å². The largest absolute Gasteiger partial charge is 0.384 e. The number of anilines is 1. The van der Waals surface area contributed by atoms with Gasteiger partial charge in [-0.25, -0.2) is 9.97 Å². The summed E-state index contributed by atoms with van der Waals surface area (Å²) in [4.78, 5) is 14.4. The molecule has 0 atom stereocenters. The van der Waals surface area contributed by atoms with Gasteiger partial charge in [-0.05, 0) is 25.0 Å². The van der Waals surface area contributed by atoms with E-state index in [2.05, 4.69) is 20.1 Å². The average Bonchev–Trinajstić information content (AvgIpc) is 3.37. The third kappa shape index (κ3) is 3.07. The molecule has 8 heteroatoms. The summed E-state index contributed by atoms with van der Waals surface area (Å²) in [7, 11) is 0. The molecule has 2 N–H and O–H groups in total. The molecule has 1 aliphatic rings. The van der Waals surface area contributed by atoms with Gasteiger partial charge in [-0.3, -0.25) is 0 Å². The van der Waals surface area contributed by atoms with E-state index >= 15 is 0 Å². The van der Waals surface area contributed by atoms with E-state index in [1.165, 1.54) is 0 Å². The molecule has 1 aromatic carbocycles. The summed E-state index contributed by atoms with van der Waals surface area (Å²) < 4.78 is 10.9. The molecule has 0 aliphatic carbocycles. The smallest absolute Gasteiger partial charge is 0.269 e. The number of aromatic nitrogens is 4. The van der Waals surface area contributed by atoms with Crippen molar-refractivity contribution in [3.8, 4) is 22.2 Å². The third-order valence-corrected chi connectivity index (χ3v) is 5.86. The van der Waals surface area contributed by atoms with Gasteiger partial charge in [0.25, 0.3) is 5.89 Å². The molecule has 0 spiro atoms. The van der Waals surface area contributed by atoms with Crippen LogP contribution in [0, 0.1) is 0 Å². The lowest BCUT2D eigenvalue weighted by Crippen LogP contribution is -2.13. The van der Waals surface area contributed by atoms with Gasteiger partial charge < -0.3 is 15.0 Å². The molecule has 4 heterocycles. The van der Waals surface area contributed by atoms with Gasteiger partial charge in [0.15, 0.2) is 0 Å². The first-order chi connectivity index (χ1) is 13.3. The lowest BCUT2D eigenvalue weighted by Gasteiger charge is -2.19. The second-order valence-corrected chi connectivity index (χ2v) is 7.55. The number of hydrogen-bond donors (Lipinski definition) is 1. The van der Waals surface area contributed by atoms with E-state index in [1.54, 1.807) is 17.4 Å². The van der Waals surface area contributed by atoms with Crippen LogP contribution in [0.3, 0.4) is 0 Å². The Balaban J connectivity index is 1.50. The number of nitrogens with two attached hydrogens (primary N) is 1. The van der Waals surface area contributed by atoms with Crippen LogP contribution in [0.4, 0.5) is 5.82 Å². The lowest BCUT2D eigenvalue weighted by molar-refractivity contribution is 0.0853. The first kappa shape index (κ1) is 16.3. The second-order valence-electron chi connectivity index (χ2n) is 6.48. The Labute approximate surface area is 159 Å². The highest BCUT2D eigenvalue weighted by Gasteiger charge is 2.21. The Morgan fingerprint density at radius 1 is 1.11 bits per heavy atom. The summed E-state index contributed by atoms with van der Waals surface area (Å²) in [6, 6.07) is 9.54. The number of benzene rings is 1. The van der Waals surface area contributed by atoms with Gasteiger partial charge in [0.1, 0.15) is 10.7 Å². The fraction of sp³-hybridized carbons (Fsp3) is 0.263. The van der Waals surface area contributed by atoms with E-state index in [1.807, 2.05) is 30.5 Å². The van der Waals surface area contributed by atoms with Gasteiger partial charge >= 0.3 is 0 Å². The number of ether oxygens (including phenoxy) is 1. The van der Waals surface area contributed by atoms with Gasteiger partial charge in [0.2, 0.25) is 5.82 Å². The number of pyridine rings is 1. The van der Waals surface area contributed by atoms with E-state index in [0.29, 0.717) is 23.5 Å². The molecular weight excluding hydrogens is 362 g/mol. The zero-order valence-corrected chi connectivity index (χ0v) is 15.3. The monoisotopic (exact) mass is 379 g/mol. The number of nitrogens with zero attached hydrogens (tertiary/aromatic N) is 4. The third-order valence-electron chi connectivity index (χ3n) is 4.71. The van der Waals surface area contributed by atoms with Crippen LogP contribution in [-0.4, -0.2) is 33.3 Å². The first-order valence-electron chi connectivity index (χ1n) is 8.81. The van der Waals surface area contributed by atoms with Gasteiger partial charge in [0.05, 0.1) is 16.7 Å². The Bertz CT molecular complexity index is 1100. The van der Waals surface area contributed by atoms with Gasteiger partial charge in [-0.1, -0.05) is 23.4 Å². The van der Waals surface area contributed by atoms with Crippen molar-refractivity contribution in [3.63, 3.8) is 0 Å². The molecular formula is C19H17N5O2S. The van der Waals surface area contributed by atoms with Crippen LogP contribution in [-0.2, 0) is 4.74 Å². The molecule has 1 aliphatic heterocycles. The van der Waals surface area contributed by atoms with Crippen molar-refractivity contribution in [2.45, 2.75) is 18.8 Å². The minimum atomic E-state index is 0.426. The van der Waals surface area contributed by atoms with Gasteiger partial charge in [-0.2, -0.15) is 4.98 Å². The highest BCUT2D eigenvalue weighted by Crippen LogP contribution is 2.35. The highest BCUT2D eigenvalue weighted by atomic mass is 32.1. The van der Waals surface area contributed by atoms with Crippen molar-refractivity contribution in [1.82, 2.24) is 20.1 Å². The Morgan fingerprint density at radius 3 is 2.85 bits per heavy atom. The van der Waals surface area contributed by atoms with Crippen LogP contribution < -0.4 is 5.73 Å². The molecule has 0 radical (unpaired) electrons. The molecule has 136 valence electrons. The van der Waals surface area contributed by atoms with E-state index < -0.39 is 0 Å². The number of para-hydroxylation sites is 1. The van der Waals surface area contributed by atoms with E-state index in [-0.39, 0.29) is 0 Å². The van der Waals surface area contributed by atoms with Crippen LogP contribution in [0.25, 0.3) is 33.1 Å². The van der Waals surface area contributed by atoms with Crippen molar-refractivity contribution in [2.75, 3.05) is 18.9 Å². The summed E-state index contributed by atoms with van der Waals surface area (Å²) in [6.07, 6.45) is 3.82. The summed E-state index contributed by atoms with van der Waals surface area (Å²) in [5.74, 6) is 1.84. The van der Waals surface area contributed by atoms with E-state index in [0.717, 1.165) is 52.4 Å². The van der Waals surface area contributed by atoms with Gasteiger partial charge in [0, 0.05) is 30.1 Å². The molecule has 1 fully saturated rings. The Hall–Kier alpha value is -2.84. The molecule has 7 nitrogen and oxygen atoms in total. The highest BCUT2D eigenvalue weighted by molar-refractivity contribution is 7.15. The number of rotatable bonds is 3. The van der Waals surface area contributed by atoms with Crippen LogP contribution >= 0.6 is 11.3 Å². The average molecular weight is 379 g/mol. The molecule has 0 bridgehead atoms. The normalized spacial score (nSPS) is 15.4. The molecule has 5 rings (SSSR count). The minimum absolute atomic E-state index is 0.426. The predicted molar refractivity (Wildman–Crippen MR) is 103 cm³/mol. The quantitative estimate of drug-likeness (QED) is 0.576. The van der Waals surface area contributed by atoms with Gasteiger partial charge in [-0.15, -0.1) is 11.3 Å². The number of thiazole rings is 1. The standard InChI is InChI=1S/C19H17N5O2S/c20-16-9-13(12-3-1-2-4-14(12)22-16)17-23-18(26-24-17)15-10-21-19(27-15)11-5-7-25-8-6-11/h1-4,9-11H,5-8H2,(H2,20,22). The van der Waals surface area contributed by atoms with Crippen molar-refractivity contribution in [2.24, 2.45) is 0 Å². The maximum absolute atomic E-state index is 5.95. The summed E-state index contributed by atoms with van der Waals surface area (Å²) >= 11 is 1.61. The van der Waals surface area contributed by atoms with Crippen molar-refractivity contribution >= 4 is 28.1 Å². The second kappa shape index (κ2) is 6.71. The summed E-state index contributed by atoms with van der Waals surface area (Å²) in [6.45, 7) is 1.58. The predicted octanol–water partition coefficient (Wildman–Crippen LogP) is 3.88. The van der Waals surface area contributed by atoms with Crippen LogP contribution in [0.5, 0.6) is 0 Å². The molecule has 0 saturated carbocycles. The maximum Gasteiger partial charge on any atom is 0.269 e. The number of hydrogen-bond acceptors (Lipinski definition) is 8. The molecule has 27 heavy (non-hydrogen) atoms. The van der Waals surface area contributed by atoms with Crippen LogP contribution in [0.1, 0.15) is 23.8 Å². The Morgan fingerprint density at radius 2 is 1.96 bits per heavy atom. The first-order valence-corrected chi connectivity index (χ1v) is 9.63. The molecule has 3 aromatic heterocycles. The molecule has 1 saturated heterocycles. The zero-order valence-electron chi connectivity index (χ0n) is 14.5. The van der Waals surface area contributed by atoms with Crippen LogP contribution in [0.15, 0.2) is 41.1 Å². The Kier molecular flexibility index (Phi) is 4.06. The van der Waals surface area contributed by atoms with Crippen LogP contribution in [0.2, 0.25) is 0 Å². The maximum atomic E-state index is 5.95. The summed E-state index contributed by atoms with van der Waals surface area (Å²) in [5, 5.41) is 6.21. The van der Waals surface area contributed by atoms with E-state index in [9.17, 15) is 0 Å². The van der Waals surface area contributed by atoms with E-state index in [4.69, 9.17) is 15.0 Å². The lowest BCUT2D eigenvalue weighted by atomic mass is 10.0. The summed E-state index contributed by atoms with van der Waals surface area (Å²) in [5.41, 5.74) is 7.56. The molecule has 0 amide bonds. The minimum Gasteiger partial charge on any atom is -0.384 e. The van der Waals surface area contributed by atoms with Crippen molar-refractivity contribution < 1.29 is 9.26 Å². The number of fused-ring (bicyclic) bond motifs is 1. The fourth-order valence-electron chi connectivity index (χ4n) is 3.33. The van der Waals surface area contributed by atoms with Crippen molar-refractivity contribution in [1.29, 1.82) is 0 Å². The molecule has 4 aromatic rings. The number of nitrogen functional groups attached to an aromatic ring is 1. The zero-order chi connectivity index (χ0) is 18.2. The SMILES string of the molecule is Nc1cc(-c2noc(-c3cnc(C4CCOCC4)s3)n2)c2ccccc2n1. The molecule has 0 unspecified atom stereocenters. The topological polar surface area (TPSA) is 100.0 Å². The fourth-order valence-corrected chi connectivity index (χ4v) is 4.34.